The van der Waals surface area contributed by atoms with Gasteiger partial charge in [-0.1, -0.05) is 24.3 Å². The van der Waals surface area contributed by atoms with E-state index in [0.29, 0.717) is 12.0 Å². The summed E-state index contributed by atoms with van der Waals surface area (Å²) in [5.74, 6) is -1.40. The molecule has 0 unspecified atom stereocenters. The lowest BCUT2D eigenvalue weighted by molar-refractivity contribution is 0.0695. The number of hydrogen-bond donors (Lipinski definition) is 3. The Bertz CT molecular complexity index is 721. The fourth-order valence-electron chi connectivity index (χ4n) is 1.93. The minimum absolute atomic E-state index is 0.175. The van der Waals surface area contributed by atoms with Crippen LogP contribution in [0.1, 0.15) is 26.4 Å². The van der Waals surface area contributed by atoms with Crippen molar-refractivity contribution in [2.24, 2.45) is 0 Å². The highest BCUT2D eigenvalue weighted by molar-refractivity contribution is 5.92. The number of carbonyl (C=O) groups excluding carboxylic acids is 1. The van der Waals surface area contributed by atoms with Gasteiger partial charge in [-0.05, 0) is 24.1 Å². The predicted molar refractivity (Wildman–Crippen MR) is 76.5 cm³/mol. The van der Waals surface area contributed by atoms with Crippen LogP contribution in [0, 0.1) is 0 Å². The maximum absolute atomic E-state index is 11.8. The number of hydrogen-bond acceptors (Lipinski definition) is 3. The zero-order valence-electron chi connectivity index (χ0n) is 11.1. The van der Waals surface area contributed by atoms with Gasteiger partial charge in [0.25, 0.3) is 5.91 Å². The molecule has 0 aliphatic heterocycles. The van der Waals surface area contributed by atoms with E-state index in [2.05, 4.69) is 10.3 Å². The number of H-pyrrole nitrogens is 1. The molecular weight excluding hydrogens is 272 g/mol. The van der Waals surface area contributed by atoms with E-state index in [1.54, 1.807) is 18.2 Å². The summed E-state index contributed by atoms with van der Waals surface area (Å²) in [5, 5.41) is 11.7. The molecule has 0 aliphatic rings. The van der Waals surface area contributed by atoms with E-state index in [1.807, 2.05) is 0 Å². The van der Waals surface area contributed by atoms with Crippen LogP contribution in [0.2, 0.25) is 0 Å². The van der Waals surface area contributed by atoms with E-state index in [9.17, 15) is 14.4 Å². The van der Waals surface area contributed by atoms with Crippen LogP contribution in [-0.2, 0) is 6.42 Å². The van der Waals surface area contributed by atoms with Crippen molar-refractivity contribution in [3.05, 3.63) is 69.6 Å². The van der Waals surface area contributed by atoms with Crippen molar-refractivity contribution in [2.45, 2.75) is 6.42 Å². The number of rotatable bonds is 5. The van der Waals surface area contributed by atoms with E-state index in [4.69, 9.17) is 5.11 Å². The van der Waals surface area contributed by atoms with Gasteiger partial charge in [-0.15, -0.1) is 0 Å². The highest BCUT2D eigenvalue weighted by Crippen LogP contribution is 2.09. The van der Waals surface area contributed by atoms with E-state index in [-0.39, 0.29) is 23.4 Å². The minimum Gasteiger partial charge on any atom is -0.478 e. The second kappa shape index (κ2) is 6.51. The molecule has 3 N–H and O–H groups in total. The fraction of sp³-hybridized carbons (Fsp3) is 0.133. The van der Waals surface area contributed by atoms with Gasteiger partial charge in [-0.25, -0.2) is 4.79 Å². The summed E-state index contributed by atoms with van der Waals surface area (Å²) in [6.45, 7) is 0.278. The van der Waals surface area contributed by atoms with Crippen molar-refractivity contribution in [1.82, 2.24) is 10.3 Å². The maximum atomic E-state index is 11.8. The Morgan fingerprint density at radius 3 is 2.57 bits per heavy atom. The molecule has 21 heavy (non-hydrogen) atoms. The van der Waals surface area contributed by atoms with Crippen LogP contribution in [0.3, 0.4) is 0 Å². The highest BCUT2D eigenvalue weighted by atomic mass is 16.4. The first-order valence-corrected chi connectivity index (χ1v) is 6.36. The number of aromatic nitrogens is 1. The molecule has 0 fully saturated rings. The number of amides is 1. The molecule has 2 aromatic rings. The molecule has 1 heterocycles. The molecule has 0 saturated carbocycles. The summed E-state index contributed by atoms with van der Waals surface area (Å²) < 4.78 is 0. The van der Waals surface area contributed by atoms with Gasteiger partial charge in [-0.2, -0.15) is 0 Å². The Morgan fingerprint density at radius 2 is 1.86 bits per heavy atom. The first-order chi connectivity index (χ1) is 10.1. The standard InChI is InChI=1S/C15H14N2O4/c18-13-7-3-6-12(17-13)14(19)16-9-8-10-4-1-2-5-11(10)15(20)21/h1-7H,8-9H2,(H,16,19)(H,17,18)(H,20,21). The summed E-state index contributed by atoms with van der Waals surface area (Å²) in [5.41, 5.74) is 0.694. The summed E-state index contributed by atoms with van der Waals surface area (Å²) >= 11 is 0. The number of aromatic amines is 1. The van der Waals surface area contributed by atoms with Crippen LogP contribution >= 0.6 is 0 Å². The lowest BCUT2D eigenvalue weighted by atomic mass is 10.0. The minimum atomic E-state index is -0.996. The lowest BCUT2D eigenvalue weighted by Crippen LogP contribution is -2.28. The molecule has 1 aromatic heterocycles. The third-order valence-electron chi connectivity index (χ3n) is 2.94. The van der Waals surface area contributed by atoms with Gasteiger partial charge >= 0.3 is 5.97 Å². The van der Waals surface area contributed by atoms with Crippen molar-refractivity contribution < 1.29 is 14.7 Å². The van der Waals surface area contributed by atoms with Crippen LogP contribution in [0.15, 0.2) is 47.3 Å². The van der Waals surface area contributed by atoms with Crippen molar-refractivity contribution in [2.75, 3.05) is 6.54 Å². The van der Waals surface area contributed by atoms with Gasteiger partial charge in [0.1, 0.15) is 5.69 Å². The monoisotopic (exact) mass is 286 g/mol. The molecule has 0 atom stereocenters. The topological polar surface area (TPSA) is 99.3 Å². The molecule has 0 radical (unpaired) electrons. The van der Waals surface area contributed by atoms with E-state index < -0.39 is 11.9 Å². The lowest BCUT2D eigenvalue weighted by Gasteiger charge is -2.07. The van der Waals surface area contributed by atoms with Gasteiger partial charge in [-0.3, -0.25) is 9.59 Å². The summed E-state index contributed by atoms with van der Waals surface area (Å²) in [6.07, 6.45) is 0.394. The molecule has 0 aliphatic carbocycles. The third-order valence-corrected chi connectivity index (χ3v) is 2.94. The molecule has 1 amide bonds. The molecule has 0 saturated heterocycles. The average molecular weight is 286 g/mol. The summed E-state index contributed by atoms with van der Waals surface area (Å²) in [4.78, 5) is 36.4. The number of aromatic carboxylic acids is 1. The van der Waals surface area contributed by atoms with Gasteiger partial charge in [0, 0.05) is 12.6 Å². The summed E-state index contributed by atoms with van der Waals surface area (Å²) in [6, 6.07) is 10.9. The third kappa shape index (κ3) is 3.79. The van der Waals surface area contributed by atoms with E-state index in [0.717, 1.165) is 0 Å². The number of nitrogens with one attached hydrogen (secondary N) is 2. The number of carbonyl (C=O) groups is 2. The van der Waals surface area contributed by atoms with Gasteiger partial charge in [0.15, 0.2) is 0 Å². The normalized spacial score (nSPS) is 10.1. The zero-order valence-corrected chi connectivity index (χ0v) is 11.1. The van der Waals surface area contributed by atoms with Gasteiger partial charge in [0.2, 0.25) is 5.56 Å². The molecule has 108 valence electrons. The Labute approximate surface area is 120 Å². The Balaban J connectivity index is 1.97. The van der Waals surface area contributed by atoms with Crippen molar-refractivity contribution >= 4 is 11.9 Å². The van der Waals surface area contributed by atoms with E-state index >= 15 is 0 Å². The highest BCUT2D eigenvalue weighted by Gasteiger charge is 2.10. The molecule has 0 bridgehead atoms. The molecule has 6 nitrogen and oxygen atoms in total. The Hall–Kier alpha value is -2.89. The maximum Gasteiger partial charge on any atom is 0.335 e. The Kier molecular flexibility index (Phi) is 4.50. The molecular formula is C15H14N2O4. The summed E-state index contributed by atoms with van der Waals surface area (Å²) in [7, 11) is 0. The molecule has 2 rings (SSSR count). The first kappa shape index (κ1) is 14.5. The van der Waals surface area contributed by atoms with Crippen molar-refractivity contribution in [3.8, 4) is 0 Å². The number of benzene rings is 1. The van der Waals surface area contributed by atoms with E-state index in [1.165, 1.54) is 24.3 Å². The zero-order chi connectivity index (χ0) is 15.2. The smallest absolute Gasteiger partial charge is 0.335 e. The van der Waals surface area contributed by atoms with Gasteiger partial charge in [0.05, 0.1) is 5.56 Å². The second-order valence-corrected chi connectivity index (χ2v) is 4.40. The van der Waals surface area contributed by atoms with Crippen molar-refractivity contribution in [1.29, 1.82) is 0 Å². The predicted octanol–water partition coefficient (Wildman–Crippen LogP) is 1.05. The average Bonchev–Trinajstić information content (AvgIpc) is 2.47. The molecule has 0 spiro atoms. The van der Waals surface area contributed by atoms with Gasteiger partial charge < -0.3 is 15.4 Å². The quantitative estimate of drug-likeness (QED) is 0.764. The molecule has 1 aromatic carbocycles. The number of pyridine rings is 1. The number of carboxylic acid groups (broad SMARTS) is 1. The van der Waals surface area contributed by atoms with Crippen LogP contribution in [0.4, 0.5) is 0 Å². The Morgan fingerprint density at radius 1 is 1.10 bits per heavy atom. The van der Waals surface area contributed by atoms with Crippen LogP contribution in [-0.4, -0.2) is 28.5 Å². The number of carboxylic acids is 1. The van der Waals surface area contributed by atoms with Crippen LogP contribution < -0.4 is 10.9 Å². The SMILES string of the molecule is O=C(NCCc1ccccc1C(=O)O)c1cccc(=O)[nH]1. The van der Waals surface area contributed by atoms with Crippen molar-refractivity contribution in [3.63, 3.8) is 0 Å². The van der Waals surface area contributed by atoms with Crippen LogP contribution in [0.5, 0.6) is 0 Å². The largest absolute Gasteiger partial charge is 0.478 e. The van der Waals surface area contributed by atoms with Crippen LogP contribution in [0.25, 0.3) is 0 Å². The molecule has 6 heteroatoms. The second-order valence-electron chi connectivity index (χ2n) is 4.40. The first-order valence-electron chi connectivity index (χ1n) is 6.36. The fourth-order valence-corrected chi connectivity index (χ4v) is 1.93.